The Bertz CT molecular complexity index is 856. The SMILES string of the molecule is O=C(O)NC1CCN(c2nccc(Oc3ccc(OC(F)(F)F)cc3)c2Cl)CC1. The molecule has 1 amide bonds. The zero-order valence-electron chi connectivity index (χ0n) is 14.9. The maximum absolute atomic E-state index is 12.2. The summed E-state index contributed by atoms with van der Waals surface area (Å²) >= 11 is 6.42. The Morgan fingerprint density at radius 1 is 1.17 bits per heavy atom. The second-order valence-corrected chi connectivity index (χ2v) is 6.66. The number of hydrogen-bond donors (Lipinski definition) is 2. The average Bonchev–Trinajstić information content (AvgIpc) is 2.64. The second kappa shape index (κ2) is 8.64. The fourth-order valence-electron chi connectivity index (χ4n) is 2.96. The fourth-order valence-corrected chi connectivity index (χ4v) is 3.23. The number of ether oxygens (including phenoxy) is 2. The number of hydrogen-bond acceptors (Lipinski definition) is 5. The van der Waals surface area contributed by atoms with E-state index in [1.807, 2.05) is 4.90 Å². The van der Waals surface area contributed by atoms with Gasteiger partial charge in [-0.1, -0.05) is 11.6 Å². The van der Waals surface area contributed by atoms with Crippen molar-refractivity contribution in [2.24, 2.45) is 0 Å². The summed E-state index contributed by atoms with van der Waals surface area (Å²) in [6.07, 6.45) is -3.09. The molecule has 0 radical (unpaired) electrons. The van der Waals surface area contributed by atoms with Crippen LogP contribution in [0.3, 0.4) is 0 Å². The molecule has 0 bridgehead atoms. The molecular weight excluding hydrogens is 415 g/mol. The van der Waals surface area contributed by atoms with Gasteiger partial charge in [0.2, 0.25) is 0 Å². The number of benzene rings is 1. The third-order valence-corrected chi connectivity index (χ3v) is 4.60. The van der Waals surface area contributed by atoms with Crippen molar-refractivity contribution in [1.29, 1.82) is 0 Å². The van der Waals surface area contributed by atoms with E-state index in [0.29, 0.717) is 37.5 Å². The number of alkyl halides is 3. The van der Waals surface area contributed by atoms with Gasteiger partial charge >= 0.3 is 12.5 Å². The van der Waals surface area contributed by atoms with Gasteiger partial charge in [0.1, 0.15) is 16.5 Å². The van der Waals surface area contributed by atoms with Crippen LogP contribution in [0.1, 0.15) is 12.8 Å². The minimum atomic E-state index is -4.76. The van der Waals surface area contributed by atoms with Crippen LogP contribution in [0.15, 0.2) is 36.5 Å². The molecule has 2 aromatic rings. The lowest BCUT2D eigenvalue weighted by Crippen LogP contribution is -2.44. The molecule has 156 valence electrons. The Hall–Kier alpha value is -2.88. The topological polar surface area (TPSA) is 83.9 Å². The molecule has 0 saturated carbocycles. The van der Waals surface area contributed by atoms with Crippen molar-refractivity contribution in [2.45, 2.75) is 25.2 Å². The fraction of sp³-hybridized carbons (Fsp3) is 0.333. The molecule has 1 saturated heterocycles. The van der Waals surface area contributed by atoms with E-state index in [2.05, 4.69) is 15.0 Å². The highest BCUT2D eigenvalue weighted by Crippen LogP contribution is 2.37. The molecule has 0 atom stereocenters. The number of nitrogens with zero attached hydrogens (tertiary/aromatic N) is 2. The molecule has 29 heavy (non-hydrogen) atoms. The largest absolute Gasteiger partial charge is 0.573 e. The van der Waals surface area contributed by atoms with E-state index >= 15 is 0 Å². The molecule has 0 unspecified atom stereocenters. The molecule has 1 aromatic carbocycles. The minimum Gasteiger partial charge on any atom is -0.465 e. The van der Waals surface area contributed by atoms with Crippen molar-refractivity contribution in [3.63, 3.8) is 0 Å². The number of rotatable bonds is 5. The summed E-state index contributed by atoms with van der Waals surface area (Å²) in [5.41, 5.74) is 0. The van der Waals surface area contributed by atoms with E-state index in [-0.39, 0.29) is 22.6 Å². The van der Waals surface area contributed by atoms with Gasteiger partial charge in [-0.2, -0.15) is 0 Å². The number of aromatic nitrogens is 1. The predicted octanol–water partition coefficient (Wildman–Crippen LogP) is 4.66. The Morgan fingerprint density at radius 3 is 2.38 bits per heavy atom. The third-order valence-electron chi connectivity index (χ3n) is 4.24. The van der Waals surface area contributed by atoms with Crippen molar-refractivity contribution in [3.8, 4) is 17.2 Å². The molecular formula is C18H17ClF3N3O4. The summed E-state index contributed by atoms with van der Waals surface area (Å²) in [6.45, 7) is 1.12. The predicted molar refractivity (Wildman–Crippen MR) is 98.8 cm³/mol. The zero-order chi connectivity index (χ0) is 21.0. The average molecular weight is 432 g/mol. The third kappa shape index (κ3) is 5.80. The summed E-state index contributed by atoms with van der Waals surface area (Å²) < 4.78 is 46.2. The number of carbonyl (C=O) groups is 1. The number of carboxylic acid groups (broad SMARTS) is 1. The Labute approximate surface area is 169 Å². The maximum Gasteiger partial charge on any atom is 0.573 e. The summed E-state index contributed by atoms with van der Waals surface area (Å²) in [7, 11) is 0. The molecule has 11 heteroatoms. The zero-order valence-corrected chi connectivity index (χ0v) is 15.7. The van der Waals surface area contributed by atoms with Gasteiger partial charge in [-0.3, -0.25) is 0 Å². The van der Waals surface area contributed by atoms with Crippen molar-refractivity contribution in [3.05, 3.63) is 41.6 Å². The van der Waals surface area contributed by atoms with Gasteiger partial charge in [0, 0.05) is 31.4 Å². The van der Waals surface area contributed by atoms with Crippen LogP contribution in [-0.4, -0.2) is 41.7 Å². The summed E-state index contributed by atoms with van der Waals surface area (Å²) in [5, 5.41) is 11.5. The molecule has 2 N–H and O–H groups in total. The first kappa shape index (κ1) is 20.8. The lowest BCUT2D eigenvalue weighted by Gasteiger charge is -2.33. The number of halogens is 4. The number of anilines is 1. The number of nitrogens with one attached hydrogen (secondary N) is 1. The molecule has 0 spiro atoms. The second-order valence-electron chi connectivity index (χ2n) is 6.28. The number of pyridine rings is 1. The lowest BCUT2D eigenvalue weighted by atomic mass is 10.1. The van der Waals surface area contributed by atoms with Crippen molar-refractivity contribution < 1.29 is 32.5 Å². The monoisotopic (exact) mass is 431 g/mol. The molecule has 1 aliphatic heterocycles. The highest BCUT2D eigenvalue weighted by Gasteiger charge is 2.31. The summed E-state index contributed by atoms with van der Waals surface area (Å²) in [6, 6.07) is 6.36. The van der Waals surface area contributed by atoms with Crippen molar-refractivity contribution in [1.82, 2.24) is 10.3 Å². The summed E-state index contributed by atoms with van der Waals surface area (Å²) in [4.78, 5) is 16.9. The van der Waals surface area contributed by atoms with E-state index in [9.17, 15) is 18.0 Å². The van der Waals surface area contributed by atoms with E-state index in [1.165, 1.54) is 18.3 Å². The van der Waals surface area contributed by atoms with Gasteiger partial charge in [0.25, 0.3) is 0 Å². The van der Waals surface area contributed by atoms with Crippen LogP contribution >= 0.6 is 11.6 Å². The number of piperidine rings is 1. The van der Waals surface area contributed by atoms with E-state index in [1.54, 1.807) is 6.07 Å². The first-order valence-corrected chi connectivity index (χ1v) is 9.01. The van der Waals surface area contributed by atoms with Crippen LogP contribution in [0, 0.1) is 0 Å². The molecule has 3 rings (SSSR count). The molecule has 1 aromatic heterocycles. The van der Waals surface area contributed by atoms with Gasteiger partial charge in [-0.25, -0.2) is 9.78 Å². The molecule has 1 fully saturated rings. The van der Waals surface area contributed by atoms with E-state index < -0.39 is 12.5 Å². The Balaban J connectivity index is 1.67. The van der Waals surface area contributed by atoms with Gasteiger partial charge in [-0.15, -0.1) is 13.2 Å². The highest BCUT2D eigenvalue weighted by molar-refractivity contribution is 6.34. The standard InChI is InChI=1S/C18H17ClF3N3O4/c19-15-14(28-12-1-3-13(4-2-12)29-18(20,21)22)5-8-23-16(15)25-9-6-11(7-10-25)24-17(26)27/h1-5,8,11,24H,6-7,9-10H2,(H,26,27). The molecule has 0 aliphatic carbocycles. The molecule has 2 heterocycles. The number of amides is 1. The van der Waals surface area contributed by atoms with Crippen molar-refractivity contribution in [2.75, 3.05) is 18.0 Å². The Morgan fingerprint density at radius 2 is 1.79 bits per heavy atom. The van der Waals surface area contributed by atoms with E-state index in [0.717, 1.165) is 12.1 Å². The smallest absolute Gasteiger partial charge is 0.465 e. The highest BCUT2D eigenvalue weighted by atomic mass is 35.5. The molecule has 7 nitrogen and oxygen atoms in total. The first-order valence-electron chi connectivity index (χ1n) is 8.64. The van der Waals surface area contributed by atoms with Crippen LogP contribution in [0.25, 0.3) is 0 Å². The maximum atomic E-state index is 12.2. The van der Waals surface area contributed by atoms with Crippen LogP contribution in [-0.2, 0) is 0 Å². The lowest BCUT2D eigenvalue weighted by molar-refractivity contribution is -0.274. The quantitative estimate of drug-likeness (QED) is 0.716. The molecule has 1 aliphatic rings. The van der Waals surface area contributed by atoms with Crippen LogP contribution < -0.4 is 19.7 Å². The van der Waals surface area contributed by atoms with Crippen molar-refractivity contribution >= 4 is 23.5 Å². The normalized spacial score (nSPS) is 15.1. The van der Waals surface area contributed by atoms with E-state index in [4.69, 9.17) is 21.4 Å². The van der Waals surface area contributed by atoms with Crippen LogP contribution in [0.5, 0.6) is 17.2 Å². The van der Waals surface area contributed by atoms with Gasteiger partial charge in [0.15, 0.2) is 11.6 Å². The van der Waals surface area contributed by atoms with Crippen LogP contribution in [0.4, 0.5) is 23.8 Å². The minimum absolute atomic E-state index is 0.126. The van der Waals surface area contributed by atoms with Gasteiger partial charge in [-0.05, 0) is 37.1 Å². The summed E-state index contributed by atoms with van der Waals surface area (Å²) in [5.74, 6) is 0.717. The first-order chi connectivity index (χ1) is 13.7. The van der Waals surface area contributed by atoms with Gasteiger partial charge in [0.05, 0.1) is 0 Å². The Kier molecular flexibility index (Phi) is 6.21. The van der Waals surface area contributed by atoms with Crippen LogP contribution in [0.2, 0.25) is 5.02 Å². The van der Waals surface area contributed by atoms with Gasteiger partial charge < -0.3 is 24.8 Å².